The van der Waals surface area contributed by atoms with E-state index < -0.39 is 47.3 Å². The number of alkyl halides is 2. The van der Waals surface area contributed by atoms with Gasteiger partial charge in [0.05, 0.1) is 31.9 Å². The fraction of sp³-hybridized carbons (Fsp3) is 0.217. The third-order valence-electron chi connectivity index (χ3n) is 9.64. The van der Waals surface area contributed by atoms with Crippen molar-refractivity contribution in [3.8, 4) is 0 Å². The lowest BCUT2D eigenvalue weighted by atomic mass is 10.1. The van der Waals surface area contributed by atoms with Crippen LogP contribution in [0.5, 0.6) is 0 Å². The topological polar surface area (TPSA) is 200 Å². The molecule has 0 heterocycles. The maximum Gasteiger partial charge on any atom is 0.258 e. The molecule has 0 bridgehead atoms. The zero-order valence-electron chi connectivity index (χ0n) is 35.3. The number of Topliss-reactive ketones (excluding diaryl/α,β-unsaturated/α-hetero) is 2. The van der Waals surface area contributed by atoms with E-state index in [-0.39, 0.29) is 43.3 Å². The van der Waals surface area contributed by atoms with Crippen LogP contribution in [0.2, 0.25) is 10.0 Å². The van der Waals surface area contributed by atoms with Crippen LogP contribution in [0.25, 0.3) is 0 Å². The molecule has 0 aromatic heterocycles. The molecule has 0 fully saturated rings. The number of amides is 4. The molecule has 64 heavy (non-hydrogen) atoms. The maximum absolute atomic E-state index is 13.4. The first kappa shape index (κ1) is 48.7. The van der Waals surface area contributed by atoms with Crippen LogP contribution in [0.1, 0.15) is 81.4 Å². The second-order valence-electron chi connectivity index (χ2n) is 14.5. The summed E-state index contributed by atoms with van der Waals surface area (Å²) in [6.07, 6.45) is 0. The number of aryl methyl sites for hydroxylation is 2. The molecular weight excluding hydrogens is 902 g/mol. The molecule has 0 aliphatic heterocycles. The summed E-state index contributed by atoms with van der Waals surface area (Å²) in [7, 11) is 0. The molecule has 4 amide bonds. The second kappa shape index (κ2) is 21.8. The van der Waals surface area contributed by atoms with Gasteiger partial charge in [-0.25, -0.2) is 0 Å². The number of nitrogens with one attached hydrogen (secondary N) is 4. The van der Waals surface area contributed by atoms with E-state index in [4.69, 9.17) is 46.4 Å². The molecule has 0 aliphatic carbocycles. The summed E-state index contributed by atoms with van der Waals surface area (Å²) in [6, 6.07) is 23.1. The molecule has 4 atom stereocenters. The highest BCUT2D eigenvalue weighted by molar-refractivity contribution is 6.37. The molecule has 0 radical (unpaired) electrons. The number of carbonyl (C=O) groups excluding carboxylic acids is 6. The van der Waals surface area contributed by atoms with Gasteiger partial charge in [-0.1, -0.05) is 71.7 Å². The fourth-order valence-electron chi connectivity index (χ4n) is 6.20. The van der Waals surface area contributed by atoms with Crippen molar-refractivity contribution in [2.24, 2.45) is 20.5 Å². The number of ketones is 2. The van der Waals surface area contributed by atoms with Gasteiger partial charge in [-0.05, 0) is 112 Å². The highest BCUT2D eigenvalue weighted by atomic mass is 35.5. The third-order valence-corrected chi connectivity index (χ3v) is 10.9. The van der Waals surface area contributed by atoms with E-state index in [1.165, 1.54) is 50.2 Å². The van der Waals surface area contributed by atoms with Gasteiger partial charge in [0.2, 0.25) is 12.1 Å². The largest absolute Gasteiger partial charge is 0.324 e. The zero-order valence-corrected chi connectivity index (χ0v) is 38.3. The highest BCUT2D eigenvalue weighted by Crippen LogP contribution is 2.34. The van der Waals surface area contributed by atoms with Crippen LogP contribution in [0.3, 0.4) is 0 Å². The van der Waals surface area contributed by atoms with Crippen LogP contribution < -0.4 is 21.3 Å². The van der Waals surface area contributed by atoms with Crippen molar-refractivity contribution in [2.75, 3.05) is 21.3 Å². The fourth-order valence-corrected chi connectivity index (χ4v) is 7.08. The summed E-state index contributed by atoms with van der Waals surface area (Å²) < 4.78 is 0. The number of anilines is 4. The molecule has 0 spiro atoms. The number of carbonyl (C=O) groups is 6. The Kier molecular flexibility index (Phi) is 16.6. The van der Waals surface area contributed by atoms with Gasteiger partial charge in [0, 0.05) is 22.7 Å². The monoisotopic (exact) mass is 942 g/mol. The Morgan fingerprint density at radius 1 is 0.500 bits per heavy atom. The molecule has 330 valence electrons. The molecule has 4 unspecified atom stereocenters. The van der Waals surface area contributed by atoms with Crippen LogP contribution in [0, 0.1) is 13.8 Å². The van der Waals surface area contributed by atoms with Crippen LogP contribution in [-0.4, -0.2) is 47.3 Å². The van der Waals surface area contributed by atoms with Crippen LogP contribution in [0.15, 0.2) is 118 Å². The van der Waals surface area contributed by atoms with Gasteiger partial charge >= 0.3 is 0 Å². The summed E-state index contributed by atoms with van der Waals surface area (Å²) in [5.74, 6) is -3.93. The van der Waals surface area contributed by atoms with Crippen molar-refractivity contribution >= 4 is 116 Å². The number of halogens is 4. The summed E-state index contributed by atoms with van der Waals surface area (Å²) >= 11 is 25.7. The maximum atomic E-state index is 13.4. The summed E-state index contributed by atoms with van der Waals surface area (Å²) in [5, 5.41) is 26.2. The van der Waals surface area contributed by atoms with Crippen molar-refractivity contribution < 1.29 is 28.8 Å². The SMILES string of the molecule is CC(=O)C(N=Nc1cccc(C(=O)Nc2ccccc2C(C)Cl)c1Cl)C(=O)Nc1cc(C)c(NC(=O)C(N=Nc2cccc(C(=O)Nc3ccccc3C(C)Cl)c2Cl)C(C)=O)cc1C. The normalized spacial score (nSPS) is 13.2. The van der Waals surface area contributed by atoms with Crippen molar-refractivity contribution in [3.05, 3.63) is 140 Å². The molecule has 14 nitrogen and oxygen atoms in total. The number of benzene rings is 5. The van der Waals surface area contributed by atoms with Crippen molar-refractivity contribution in [1.29, 1.82) is 0 Å². The number of rotatable bonds is 16. The van der Waals surface area contributed by atoms with E-state index in [0.717, 1.165) is 0 Å². The molecule has 5 aromatic rings. The Morgan fingerprint density at radius 3 is 1.20 bits per heavy atom. The van der Waals surface area contributed by atoms with Crippen LogP contribution >= 0.6 is 46.4 Å². The van der Waals surface area contributed by atoms with Gasteiger partial charge in [-0.3, -0.25) is 28.8 Å². The van der Waals surface area contributed by atoms with Gasteiger partial charge in [-0.15, -0.1) is 23.2 Å². The van der Waals surface area contributed by atoms with E-state index in [1.807, 2.05) is 0 Å². The Bertz CT molecular complexity index is 2520. The second-order valence-corrected chi connectivity index (χ2v) is 16.6. The smallest absolute Gasteiger partial charge is 0.258 e. The first-order chi connectivity index (χ1) is 30.4. The summed E-state index contributed by atoms with van der Waals surface area (Å²) in [4.78, 5) is 78.6. The molecular formula is C46H42Cl4N8O6. The molecule has 0 aliphatic rings. The van der Waals surface area contributed by atoms with E-state index >= 15 is 0 Å². The van der Waals surface area contributed by atoms with Crippen molar-refractivity contribution in [3.63, 3.8) is 0 Å². The van der Waals surface area contributed by atoms with Gasteiger partial charge in [0.25, 0.3) is 23.6 Å². The lowest BCUT2D eigenvalue weighted by Crippen LogP contribution is -2.32. The summed E-state index contributed by atoms with van der Waals surface area (Å²) in [6.45, 7) is 9.21. The van der Waals surface area contributed by atoms with Gasteiger partial charge in [-0.2, -0.15) is 20.5 Å². The number of hydrogen-bond donors (Lipinski definition) is 4. The van der Waals surface area contributed by atoms with Gasteiger partial charge in [0.1, 0.15) is 11.4 Å². The predicted octanol–water partition coefficient (Wildman–Crippen LogP) is 12.1. The first-order valence-electron chi connectivity index (χ1n) is 19.6. The Labute approximate surface area is 389 Å². The van der Waals surface area contributed by atoms with Crippen LogP contribution in [-0.2, 0) is 19.2 Å². The molecule has 5 aromatic carbocycles. The lowest BCUT2D eigenvalue weighted by molar-refractivity contribution is -0.127. The Morgan fingerprint density at radius 2 is 0.859 bits per heavy atom. The number of hydrogen-bond acceptors (Lipinski definition) is 10. The Balaban J connectivity index is 1.27. The molecule has 18 heteroatoms. The number of nitrogens with zero attached hydrogens (tertiary/aromatic N) is 4. The molecule has 0 saturated heterocycles. The minimum atomic E-state index is -1.59. The van der Waals surface area contributed by atoms with E-state index in [1.54, 1.807) is 88.4 Å². The minimum Gasteiger partial charge on any atom is -0.324 e. The Hall–Kier alpha value is -6.32. The zero-order chi connectivity index (χ0) is 46.8. The standard InChI is InChI=1S/C46H42Cl4N8O6/c1-23-21-38(54-46(64)42(28(6)60)58-56-36-20-12-16-32(40(36)50)44(62)52-34-18-10-8-14-30(34)26(4)48)24(2)22-37(23)53-45(63)41(27(5)59)57-55-35-19-11-15-31(39(35)49)43(61)51-33-17-9-7-13-29(33)25(3)47/h7-22,25-26,41-42H,1-6H3,(H,51,61)(H,52,62)(H,53,63)(H,54,64). The summed E-state index contributed by atoms with van der Waals surface area (Å²) in [5.41, 5.74) is 4.21. The van der Waals surface area contributed by atoms with Crippen LogP contribution in [0.4, 0.5) is 34.1 Å². The molecule has 5 rings (SSSR count). The van der Waals surface area contributed by atoms with E-state index in [0.29, 0.717) is 45.0 Å². The molecule has 0 saturated carbocycles. The number of azo groups is 2. The third kappa shape index (κ3) is 12.0. The average Bonchev–Trinajstić information content (AvgIpc) is 3.23. The first-order valence-corrected chi connectivity index (χ1v) is 21.2. The quantitative estimate of drug-likeness (QED) is 0.0431. The lowest BCUT2D eigenvalue weighted by Gasteiger charge is -2.16. The molecule has 4 N–H and O–H groups in total. The highest BCUT2D eigenvalue weighted by Gasteiger charge is 2.27. The average molecular weight is 945 g/mol. The van der Waals surface area contributed by atoms with E-state index in [9.17, 15) is 28.8 Å². The van der Waals surface area contributed by atoms with Crippen molar-refractivity contribution in [2.45, 2.75) is 64.4 Å². The van der Waals surface area contributed by atoms with E-state index in [2.05, 4.69) is 41.7 Å². The number of para-hydroxylation sites is 2. The van der Waals surface area contributed by atoms with Crippen molar-refractivity contribution in [1.82, 2.24) is 0 Å². The van der Waals surface area contributed by atoms with Gasteiger partial charge in [0.15, 0.2) is 11.6 Å². The minimum absolute atomic E-state index is 0.0435. The predicted molar refractivity (Wildman–Crippen MR) is 251 cm³/mol. The van der Waals surface area contributed by atoms with Gasteiger partial charge < -0.3 is 21.3 Å².